The van der Waals surface area contributed by atoms with Crippen LogP contribution in [-0.4, -0.2) is 35.9 Å². The van der Waals surface area contributed by atoms with E-state index in [1.54, 1.807) is 0 Å². The normalized spacial score (nSPS) is 10.1. The van der Waals surface area contributed by atoms with E-state index in [0.29, 0.717) is 19.8 Å². The molecule has 1 aromatic rings. The van der Waals surface area contributed by atoms with Crippen LogP contribution < -0.4 is 4.74 Å². The second kappa shape index (κ2) is 6.30. The maximum absolute atomic E-state index is 10.8. The first-order chi connectivity index (χ1) is 7.65. The van der Waals surface area contributed by atoms with E-state index in [2.05, 4.69) is 4.98 Å². The summed E-state index contributed by atoms with van der Waals surface area (Å²) >= 11 is 5.65. The van der Waals surface area contributed by atoms with Gasteiger partial charge in [-0.3, -0.25) is 0 Å². The second-order valence-electron chi connectivity index (χ2n) is 2.85. The van der Waals surface area contributed by atoms with Gasteiger partial charge in [0.05, 0.1) is 23.4 Å². The fourth-order valence-corrected chi connectivity index (χ4v) is 1.20. The topological polar surface area (TPSA) is 68.7 Å². The van der Waals surface area contributed by atoms with Gasteiger partial charge in [-0.05, 0) is 6.92 Å². The first-order valence-electron chi connectivity index (χ1n) is 4.74. The minimum atomic E-state index is -1.11. The van der Waals surface area contributed by atoms with Crippen LogP contribution in [0.25, 0.3) is 0 Å². The Balaban J connectivity index is 2.61. The lowest BCUT2D eigenvalue weighted by Crippen LogP contribution is -2.08. The number of ether oxygens (including phenoxy) is 2. The number of carboxylic acids is 1. The second-order valence-corrected chi connectivity index (χ2v) is 3.26. The molecule has 0 aliphatic carbocycles. The van der Waals surface area contributed by atoms with Gasteiger partial charge < -0.3 is 14.6 Å². The van der Waals surface area contributed by atoms with Crippen molar-refractivity contribution in [1.29, 1.82) is 0 Å². The fourth-order valence-electron chi connectivity index (χ4n) is 1.01. The van der Waals surface area contributed by atoms with Crippen LogP contribution in [0.5, 0.6) is 5.88 Å². The third-order valence-corrected chi connectivity index (χ3v) is 2.04. The van der Waals surface area contributed by atoms with Crippen molar-refractivity contribution < 1.29 is 19.4 Å². The molecule has 6 heteroatoms. The lowest BCUT2D eigenvalue weighted by molar-refractivity contribution is 0.0696. The summed E-state index contributed by atoms with van der Waals surface area (Å²) in [5, 5.41) is 8.89. The van der Waals surface area contributed by atoms with Gasteiger partial charge >= 0.3 is 5.97 Å². The smallest absolute Gasteiger partial charge is 0.337 e. The maximum atomic E-state index is 10.8. The average molecular weight is 246 g/mol. The molecule has 1 heterocycles. The molecule has 0 saturated heterocycles. The Labute approximate surface area is 98.0 Å². The average Bonchev–Trinajstić information content (AvgIpc) is 2.26. The first kappa shape index (κ1) is 12.7. The number of aromatic carboxylic acids is 1. The summed E-state index contributed by atoms with van der Waals surface area (Å²) in [5.74, 6) is -0.886. The van der Waals surface area contributed by atoms with Crippen molar-refractivity contribution in [2.45, 2.75) is 6.92 Å². The minimum Gasteiger partial charge on any atom is -0.478 e. The van der Waals surface area contributed by atoms with Crippen LogP contribution in [0.2, 0.25) is 5.02 Å². The lowest BCUT2D eigenvalue weighted by atomic mass is 10.3. The van der Waals surface area contributed by atoms with Gasteiger partial charge in [-0.1, -0.05) is 11.6 Å². The standard InChI is InChI=1S/C10H12ClNO4/c1-2-15-3-4-16-9-5-7(10(13)14)8(11)6-12-9/h5-6H,2-4H2,1H3,(H,13,14). The van der Waals surface area contributed by atoms with Crippen LogP contribution in [0.3, 0.4) is 0 Å². The monoisotopic (exact) mass is 245 g/mol. The number of hydrogen-bond donors (Lipinski definition) is 1. The van der Waals surface area contributed by atoms with Gasteiger partial charge in [0.1, 0.15) is 6.61 Å². The van der Waals surface area contributed by atoms with Crippen molar-refractivity contribution in [2.75, 3.05) is 19.8 Å². The molecule has 0 fully saturated rings. The number of carbonyl (C=O) groups is 1. The van der Waals surface area contributed by atoms with Crippen LogP contribution in [0, 0.1) is 0 Å². The highest BCUT2D eigenvalue weighted by Crippen LogP contribution is 2.19. The van der Waals surface area contributed by atoms with Crippen molar-refractivity contribution in [3.8, 4) is 5.88 Å². The predicted molar refractivity (Wildman–Crippen MR) is 58.2 cm³/mol. The molecular formula is C10H12ClNO4. The van der Waals surface area contributed by atoms with Gasteiger partial charge in [0.25, 0.3) is 0 Å². The third-order valence-electron chi connectivity index (χ3n) is 1.74. The largest absolute Gasteiger partial charge is 0.478 e. The molecule has 0 saturated carbocycles. The summed E-state index contributed by atoms with van der Waals surface area (Å²) < 4.78 is 10.3. The quantitative estimate of drug-likeness (QED) is 0.775. The summed E-state index contributed by atoms with van der Waals surface area (Å²) in [4.78, 5) is 14.6. The number of hydrogen-bond acceptors (Lipinski definition) is 4. The van der Waals surface area contributed by atoms with Crippen LogP contribution in [0.15, 0.2) is 12.3 Å². The summed E-state index contributed by atoms with van der Waals surface area (Å²) in [7, 11) is 0. The molecule has 0 aliphatic heterocycles. The Kier molecular flexibility index (Phi) is 5.01. The molecule has 88 valence electrons. The van der Waals surface area contributed by atoms with Gasteiger partial charge in [-0.15, -0.1) is 0 Å². The molecule has 0 radical (unpaired) electrons. The summed E-state index contributed by atoms with van der Waals surface area (Å²) in [5.41, 5.74) is -0.0249. The molecule has 0 spiro atoms. The van der Waals surface area contributed by atoms with Crippen LogP contribution in [0.4, 0.5) is 0 Å². The van der Waals surface area contributed by atoms with E-state index in [9.17, 15) is 4.79 Å². The Morgan fingerprint density at radius 2 is 2.31 bits per heavy atom. The molecule has 0 bridgehead atoms. The summed E-state index contributed by atoms with van der Waals surface area (Å²) in [6.07, 6.45) is 1.25. The van der Waals surface area contributed by atoms with Gasteiger partial charge in [0.2, 0.25) is 5.88 Å². The first-order valence-corrected chi connectivity index (χ1v) is 5.12. The molecule has 0 atom stereocenters. The Morgan fingerprint density at radius 1 is 1.56 bits per heavy atom. The van der Waals surface area contributed by atoms with Gasteiger partial charge in [-0.2, -0.15) is 0 Å². The molecule has 1 N–H and O–H groups in total. The molecule has 0 aliphatic rings. The number of aromatic nitrogens is 1. The number of nitrogens with zero attached hydrogens (tertiary/aromatic N) is 1. The molecule has 0 amide bonds. The molecule has 0 aromatic carbocycles. The van der Waals surface area contributed by atoms with Crippen LogP contribution in [0.1, 0.15) is 17.3 Å². The summed E-state index contributed by atoms with van der Waals surface area (Å²) in [6, 6.07) is 1.29. The van der Waals surface area contributed by atoms with Crippen molar-refractivity contribution in [2.24, 2.45) is 0 Å². The van der Waals surface area contributed by atoms with E-state index in [-0.39, 0.29) is 16.5 Å². The van der Waals surface area contributed by atoms with Crippen LogP contribution in [-0.2, 0) is 4.74 Å². The molecule has 5 nitrogen and oxygen atoms in total. The van der Waals surface area contributed by atoms with E-state index < -0.39 is 5.97 Å². The SMILES string of the molecule is CCOCCOc1cc(C(=O)O)c(Cl)cn1. The molecule has 1 rings (SSSR count). The van der Waals surface area contributed by atoms with E-state index in [1.165, 1.54) is 12.3 Å². The molecule has 16 heavy (non-hydrogen) atoms. The van der Waals surface area contributed by atoms with E-state index >= 15 is 0 Å². The summed E-state index contributed by atoms with van der Waals surface area (Å²) in [6.45, 7) is 3.24. The van der Waals surface area contributed by atoms with E-state index in [0.717, 1.165) is 0 Å². The zero-order valence-electron chi connectivity index (χ0n) is 8.77. The zero-order valence-corrected chi connectivity index (χ0v) is 9.53. The van der Waals surface area contributed by atoms with E-state index in [4.69, 9.17) is 26.2 Å². The highest BCUT2D eigenvalue weighted by molar-refractivity contribution is 6.33. The number of halogens is 1. The van der Waals surface area contributed by atoms with Crippen molar-refractivity contribution >= 4 is 17.6 Å². The van der Waals surface area contributed by atoms with E-state index in [1.807, 2.05) is 6.92 Å². The lowest BCUT2D eigenvalue weighted by Gasteiger charge is -2.06. The fraction of sp³-hybridized carbons (Fsp3) is 0.400. The Morgan fingerprint density at radius 3 is 2.94 bits per heavy atom. The van der Waals surface area contributed by atoms with Crippen molar-refractivity contribution in [1.82, 2.24) is 4.98 Å². The maximum Gasteiger partial charge on any atom is 0.337 e. The predicted octanol–water partition coefficient (Wildman–Crippen LogP) is 1.85. The Bertz CT molecular complexity index is 370. The molecular weight excluding hydrogens is 234 g/mol. The number of carboxylic acid groups (broad SMARTS) is 1. The van der Waals surface area contributed by atoms with Crippen molar-refractivity contribution in [3.05, 3.63) is 22.8 Å². The third kappa shape index (κ3) is 3.67. The number of pyridine rings is 1. The van der Waals surface area contributed by atoms with Gasteiger partial charge in [-0.25, -0.2) is 9.78 Å². The molecule has 0 unspecified atom stereocenters. The highest BCUT2D eigenvalue weighted by atomic mass is 35.5. The highest BCUT2D eigenvalue weighted by Gasteiger charge is 2.10. The zero-order chi connectivity index (χ0) is 12.0. The van der Waals surface area contributed by atoms with Crippen molar-refractivity contribution in [3.63, 3.8) is 0 Å². The van der Waals surface area contributed by atoms with Gasteiger partial charge in [0.15, 0.2) is 0 Å². The van der Waals surface area contributed by atoms with Crippen LogP contribution >= 0.6 is 11.6 Å². The minimum absolute atomic E-state index is 0.0249. The Hall–Kier alpha value is -1.33. The molecule has 1 aromatic heterocycles. The number of rotatable bonds is 6. The van der Waals surface area contributed by atoms with Gasteiger partial charge in [0, 0.05) is 12.7 Å².